The number of oxime groups is 2. The summed E-state index contributed by atoms with van der Waals surface area (Å²) < 4.78 is 18.7. The van der Waals surface area contributed by atoms with Crippen LogP contribution in [0.1, 0.15) is 25.1 Å². The third-order valence-corrected chi connectivity index (χ3v) is 12.3. The molecule has 5 rings (SSSR count). The van der Waals surface area contributed by atoms with E-state index in [9.17, 15) is 30.0 Å². The van der Waals surface area contributed by atoms with Crippen molar-refractivity contribution in [2.75, 3.05) is 27.4 Å². The number of benzene rings is 1. The zero-order valence-corrected chi connectivity index (χ0v) is 36.6. The first-order chi connectivity index (χ1) is 24.4. The number of aliphatic hydroxyl groups excluding tert-OH is 3. The molecule has 0 radical (unpaired) electrons. The number of allylic oxidation sites excluding steroid dienone is 2. The second-order valence-electron chi connectivity index (χ2n) is 12.2. The van der Waals surface area contributed by atoms with Gasteiger partial charge < -0.3 is 54.9 Å². The van der Waals surface area contributed by atoms with Crippen molar-refractivity contribution >= 4 is 119 Å². The Morgan fingerprint density at radius 2 is 1.60 bits per heavy atom. The smallest absolute Gasteiger partial charge is 0.269 e. The number of methoxy groups -OCH3 is 2. The molecule has 1 aromatic rings. The van der Waals surface area contributed by atoms with Gasteiger partial charge in [-0.05, 0) is 127 Å². The highest BCUT2D eigenvalue weighted by molar-refractivity contribution is 9.12. The minimum Gasteiger partial charge on any atom is -0.495 e. The van der Waals surface area contributed by atoms with E-state index in [1.165, 1.54) is 45.6 Å². The molecule has 282 valence electrons. The van der Waals surface area contributed by atoms with Crippen LogP contribution in [-0.4, -0.2) is 101 Å². The van der Waals surface area contributed by atoms with Crippen LogP contribution in [0.25, 0.3) is 0 Å². The second-order valence-corrected chi connectivity index (χ2v) is 17.3. The number of carbonyl (C=O) groups excluding carboxylic acids is 2. The van der Waals surface area contributed by atoms with E-state index in [1.54, 1.807) is 6.08 Å². The van der Waals surface area contributed by atoms with Gasteiger partial charge in [0.2, 0.25) is 11.5 Å². The van der Waals surface area contributed by atoms with Gasteiger partial charge in [0.25, 0.3) is 5.91 Å². The molecule has 2 aliphatic heterocycles. The van der Waals surface area contributed by atoms with Gasteiger partial charge in [0.1, 0.15) is 53.3 Å². The molecule has 7 atom stereocenters. The van der Waals surface area contributed by atoms with Crippen molar-refractivity contribution in [2.45, 2.75) is 48.6 Å². The van der Waals surface area contributed by atoms with E-state index in [1.807, 2.05) is 0 Å². The SMILES string of the molecule is COC1=C(Br)C(O)C2(C=C1Br)CC(C(=O)NCC(C)(O)COc1c(Br)cc(C(O)NC(=O)C3C=NOC34C=C(Br)C(OC)=C(Br)C4O)cc1Br)=NO2. The van der Waals surface area contributed by atoms with Crippen LogP contribution in [-0.2, 0) is 28.7 Å². The van der Waals surface area contributed by atoms with Gasteiger partial charge in [-0.1, -0.05) is 10.3 Å². The van der Waals surface area contributed by atoms with E-state index >= 15 is 0 Å². The molecule has 4 aliphatic rings. The van der Waals surface area contributed by atoms with Crippen molar-refractivity contribution in [3.8, 4) is 5.75 Å². The van der Waals surface area contributed by atoms with Crippen molar-refractivity contribution in [1.29, 1.82) is 0 Å². The first-order valence-corrected chi connectivity index (χ1v) is 19.7. The van der Waals surface area contributed by atoms with E-state index in [0.717, 1.165) is 0 Å². The van der Waals surface area contributed by atoms with Crippen LogP contribution in [0.5, 0.6) is 5.75 Å². The van der Waals surface area contributed by atoms with Crippen LogP contribution in [0.15, 0.2) is 73.0 Å². The van der Waals surface area contributed by atoms with E-state index in [0.29, 0.717) is 33.9 Å². The molecule has 0 bridgehead atoms. The van der Waals surface area contributed by atoms with Gasteiger partial charge in [0.05, 0.1) is 47.3 Å². The van der Waals surface area contributed by atoms with E-state index < -0.39 is 53.0 Å². The number of ether oxygens (including phenoxy) is 3. The Balaban J connectivity index is 1.17. The molecule has 0 fully saturated rings. The van der Waals surface area contributed by atoms with Crippen molar-refractivity contribution in [1.82, 2.24) is 10.6 Å². The van der Waals surface area contributed by atoms with Gasteiger partial charge in [-0.2, -0.15) is 0 Å². The zero-order valence-electron chi connectivity index (χ0n) is 27.1. The summed E-state index contributed by atoms with van der Waals surface area (Å²) in [6.07, 6.45) is 0.170. The molecule has 1 aromatic carbocycles. The van der Waals surface area contributed by atoms with Crippen molar-refractivity contribution in [3.05, 3.63) is 68.2 Å². The normalized spacial score (nSPS) is 28.4. The van der Waals surface area contributed by atoms with Gasteiger partial charge in [0.15, 0.2) is 11.8 Å². The van der Waals surface area contributed by atoms with Gasteiger partial charge in [-0.25, -0.2) is 0 Å². The Labute approximate surface area is 347 Å². The monoisotopic (exact) mass is 1110 g/mol. The lowest BCUT2D eigenvalue weighted by Crippen LogP contribution is -2.54. The molecular weight excluding hydrogens is 1080 g/mol. The van der Waals surface area contributed by atoms with E-state index in [-0.39, 0.29) is 41.1 Å². The summed E-state index contributed by atoms with van der Waals surface area (Å²) in [5, 5.41) is 56.7. The number of halogens is 6. The highest BCUT2D eigenvalue weighted by Crippen LogP contribution is 2.46. The molecule has 21 heteroatoms. The number of carbonyl (C=O) groups is 2. The predicted molar refractivity (Wildman–Crippen MR) is 208 cm³/mol. The summed E-state index contributed by atoms with van der Waals surface area (Å²) >= 11 is 20.2. The molecule has 52 heavy (non-hydrogen) atoms. The molecular formula is C31H30Br6N4O11. The fraction of sp³-hybridized carbons (Fsp3) is 0.419. The summed E-state index contributed by atoms with van der Waals surface area (Å²) in [5.41, 5.74) is -4.25. The average Bonchev–Trinajstić information content (AvgIpc) is 3.71. The van der Waals surface area contributed by atoms with Crippen molar-refractivity contribution in [3.63, 3.8) is 0 Å². The van der Waals surface area contributed by atoms with Crippen molar-refractivity contribution in [2.24, 2.45) is 16.2 Å². The van der Waals surface area contributed by atoms with Crippen LogP contribution in [0.4, 0.5) is 0 Å². The molecule has 2 spiro atoms. The number of hydrogen-bond acceptors (Lipinski definition) is 13. The van der Waals surface area contributed by atoms with Gasteiger partial charge in [-0.15, -0.1) is 0 Å². The molecule has 7 unspecified atom stereocenters. The van der Waals surface area contributed by atoms with Gasteiger partial charge in [-0.3, -0.25) is 9.59 Å². The Morgan fingerprint density at radius 3 is 2.21 bits per heavy atom. The Bertz CT molecular complexity index is 1830. The van der Waals surface area contributed by atoms with Crippen molar-refractivity contribution < 1.29 is 53.9 Å². The molecule has 0 aromatic heterocycles. The maximum Gasteiger partial charge on any atom is 0.269 e. The second kappa shape index (κ2) is 16.1. The summed E-state index contributed by atoms with van der Waals surface area (Å²) in [4.78, 5) is 37.4. The van der Waals surface area contributed by atoms with Crippen LogP contribution in [0, 0.1) is 5.92 Å². The van der Waals surface area contributed by atoms with Crippen LogP contribution < -0.4 is 15.4 Å². The molecule has 6 N–H and O–H groups in total. The number of aliphatic hydroxyl groups is 4. The number of amides is 2. The standard InChI is InChI=1S/C31H30Br6N4O11/c1-29(47,10-38-28(46)18-8-30(51-41-18)6-16(34)22(48-2)19(36)24(30)42)11-50-21-14(32)4-12(5-15(21)33)26(44)40-27(45)13-9-39-52-31(13)7-17(35)23(49-3)20(37)25(31)43/h4-7,9,13,24-26,42-44,47H,8,10-11H2,1-3H3,(H,38,46)(H,40,45). The third-order valence-electron chi connectivity index (χ3n) is 8.36. The first kappa shape index (κ1) is 41.3. The lowest BCUT2D eigenvalue weighted by molar-refractivity contribution is -0.137. The maximum atomic E-state index is 13.4. The Hall–Kier alpha value is -1.82. The lowest BCUT2D eigenvalue weighted by atomic mass is 9.80. The van der Waals surface area contributed by atoms with E-state index in [4.69, 9.17) is 23.9 Å². The van der Waals surface area contributed by atoms with Gasteiger partial charge in [0, 0.05) is 18.5 Å². The summed E-state index contributed by atoms with van der Waals surface area (Å²) in [6.45, 7) is 0.955. The highest BCUT2D eigenvalue weighted by atomic mass is 79.9. The van der Waals surface area contributed by atoms with Crippen LogP contribution >= 0.6 is 95.6 Å². The zero-order chi connectivity index (χ0) is 38.3. The number of nitrogens with zero attached hydrogens (tertiary/aromatic N) is 2. The highest BCUT2D eigenvalue weighted by Gasteiger charge is 2.56. The minimum absolute atomic E-state index is 0.00677. The molecule has 2 aliphatic carbocycles. The molecule has 0 saturated heterocycles. The topological polar surface area (TPSA) is 210 Å². The van der Waals surface area contributed by atoms with Gasteiger partial charge >= 0.3 is 0 Å². The summed E-state index contributed by atoms with van der Waals surface area (Å²) in [6, 6.07) is 3.02. The first-order valence-electron chi connectivity index (χ1n) is 15.0. The van der Waals surface area contributed by atoms with E-state index in [2.05, 4.69) is 117 Å². The predicted octanol–water partition coefficient (Wildman–Crippen LogP) is 4.26. The molecule has 15 nitrogen and oxygen atoms in total. The maximum absolute atomic E-state index is 13.4. The number of nitrogens with one attached hydrogen (secondary N) is 2. The largest absolute Gasteiger partial charge is 0.495 e. The summed E-state index contributed by atoms with van der Waals surface area (Å²) in [7, 11) is 2.88. The average molecular weight is 1110 g/mol. The quantitative estimate of drug-likeness (QED) is 0.173. The molecule has 2 heterocycles. The Kier molecular flexibility index (Phi) is 12.8. The summed E-state index contributed by atoms with van der Waals surface area (Å²) in [5.74, 6) is -1.47. The fourth-order valence-corrected chi connectivity index (χ4v) is 10.6. The minimum atomic E-state index is -1.62. The third kappa shape index (κ3) is 7.95. The molecule has 0 saturated carbocycles. The molecule has 2 amide bonds. The van der Waals surface area contributed by atoms with Crippen LogP contribution in [0.3, 0.4) is 0 Å². The fourth-order valence-electron chi connectivity index (χ4n) is 5.59. The number of hydrogen-bond donors (Lipinski definition) is 6. The van der Waals surface area contributed by atoms with Crippen LogP contribution in [0.2, 0.25) is 0 Å². The number of rotatable bonds is 11. The Morgan fingerprint density at radius 1 is 1.00 bits per heavy atom. The lowest BCUT2D eigenvalue weighted by Gasteiger charge is -2.36.